The van der Waals surface area contributed by atoms with Crippen LogP contribution in [0.15, 0.2) is 23.4 Å². The van der Waals surface area contributed by atoms with Crippen molar-refractivity contribution in [2.45, 2.75) is 27.2 Å². The molecule has 0 fully saturated rings. The van der Waals surface area contributed by atoms with Crippen LogP contribution in [0.3, 0.4) is 0 Å². The van der Waals surface area contributed by atoms with Gasteiger partial charge in [0.05, 0.1) is 12.2 Å². The SMILES string of the molecule is CC(C)(C)CCOc1cc(Cl)ccc1/C(N)=N/O. The van der Waals surface area contributed by atoms with Gasteiger partial charge in [0, 0.05) is 5.02 Å². The first-order chi connectivity index (χ1) is 8.33. The predicted molar refractivity (Wildman–Crippen MR) is 73.5 cm³/mol. The zero-order valence-electron chi connectivity index (χ0n) is 10.9. The smallest absolute Gasteiger partial charge is 0.173 e. The first-order valence-corrected chi connectivity index (χ1v) is 6.11. The van der Waals surface area contributed by atoms with Gasteiger partial charge in [0.1, 0.15) is 5.75 Å². The number of hydrogen-bond donors (Lipinski definition) is 2. The van der Waals surface area contributed by atoms with Gasteiger partial charge in [0.2, 0.25) is 0 Å². The molecule has 0 spiro atoms. The van der Waals surface area contributed by atoms with E-state index in [0.717, 1.165) is 6.42 Å². The van der Waals surface area contributed by atoms with Crippen molar-refractivity contribution in [1.29, 1.82) is 0 Å². The van der Waals surface area contributed by atoms with Gasteiger partial charge in [-0.05, 0) is 30.0 Å². The van der Waals surface area contributed by atoms with Crippen LogP contribution < -0.4 is 10.5 Å². The fourth-order valence-corrected chi connectivity index (χ4v) is 1.51. The highest BCUT2D eigenvalue weighted by molar-refractivity contribution is 6.30. The Labute approximate surface area is 112 Å². The average molecular weight is 271 g/mol. The van der Waals surface area contributed by atoms with E-state index in [1.807, 2.05) is 0 Å². The lowest BCUT2D eigenvalue weighted by Crippen LogP contribution is -2.16. The van der Waals surface area contributed by atoms with Gasteiger partial charge in [-0.1, -0.05) is 37.5 Å². The molecule has 0 atom stereocenters. The van der Waals surface area contributed by atoms with E-state index in [4.69, 9.17) is 27.3 Å². The summed E-state index contributed by atoms with van der Waals surface area (Å²) in [7, 11) is 0. The average Bonchev–Trinajstić information content (AvgIpc) is 2.26. The van der Waals surface area contributed by atoms with Gasteiger partial charge in [-0.25, -0.2) is 0 Å². The van der Waals surface area contributed by atoms with Crippen molar-refractivity contribution >= 4 is 17.4 Å². The maximum atomic E-state index is 8.71. The number of hydrogen-bond acceptors (Lipinski definition) is 3. The minimum Gasteiger partial charge on any atom is -0.493 e. The fourth-order valence-electron chi connectivity index (χ4n) is 1.35. The molecule has 0 aliphatic rings. The molecule has 1 aromatic rings. The zero-order chi connectivity index (χ0) is 13.8. The van der Waals surface area contributed by atoms with Gasteiger partial charge >= 0.3 is 0 Å². The molecule has 4 nitrogen and oxygen atoms in total. The summed E-state index contributed by atoms with van der Waals surface area (Å²) in [6.07, 6.45) is 0.898. The standard InChI is InChI=1S/C13H19ClN2O2/c1-13(2,3)6-7-18-11-8-9(14)4-5-10(11)12(15)16-17/h4-5,8,17H,6-7H2,1-3H3,(H2,15,16). The summed E-state index contributed by atoms with van der Waals surface area (Å²) in [4.78, 5) is 0. The molecule has 100 valence electrons. The topological polar surface area (TPSA) is 67.8 Å². The van der Waals surface area contributed by atoms with Crippen molar-refractivity contribution in [3.63, 3.8) is 0 Å². The van der Waals surface area contributed by atoms with Crippen LogP contribution in [0, 0.1) is 5.41 Å². The number of nitrogens with zero attached hydrogens (tertiary/aromatic N) is 1. The molecule has 0 aliphatic heterocycles. The molecule has 0 bridgehead atoms. The number of rotatable bonds is 4. The molecule has 5 heteroatoms. The minimum atomic E-state index is 0.0115. The number of amidine groups is 1. The van der Waals surface area contributed by atoms with Crippen LogP contribution in [-0.4, -0.2) is 17.6 Å². The molecule has 0 unspecified atom stereocenters. The van der Waals surface area contributed by atoms with Gasteiger partial charge in [-0.3, -0.25) is 0 Å². The minimum absolute atomic E-state index is 0.0115. The Kier molecular flexibility index (Phi) is 4.84. The van der Waals surface area contributed by atoms with E-state index in [2.05, 4.69) is 25.9 Å². The molecule has 0 heterocycles. The van der Waals surface area contributed by atoms with E-state index in [1.165, 1.54) is 0 Å². The Bertz CT molecular complexity index is 439. The Morgan fingerprint density at radius 1 is 1.44 bits per heavy atom. The highest BCUT2D eigenvalue weighted by Gasteiger charge is 2.13. The molecule has 0 radical (unpaired) electrons. The number of halogens is 1. The fraction of sp³-hybridized carbons (Fsp3) is 0.462. The molecular weight excluding hydrogens is 252 g/mol. The third-order valence-corrected chi connectivity index (χ3v) is 2.67. The van der Waals surface area contributed by atoms with Crippen LogP contribution in [0.4, 0.5) is 0 Å². The van der Waals surface area contributed by atoms with Crippen LogP contribution in [0.2, 0.25) is 5.02 Å². The molecule has 0 saturated carbocycles. The first kappa shape index (κ1) is 14.6. The molecule has 0 aromatic heterocycles. The Morgan fingerprint density at radius 2 is 2.11 bits per heavy atom. The van der Waals surface area contributed by atoms with E-state index >= 15 is 0 Å². The summed E-state index contributed by atoms with van der Waals surface area (Å²) in [5, 5.41) is 12.2. The molecular formula is C13H19ClN2O2. The van der Waals surface area contributed by atoms with E-state index in [-0.39, 0.29) is 11.3 Å². The van der Waals surface area contributed by atoms with E-state index in [1.54, 1.807) is 18.2 Å². The highest BCUT2D eigenvalue weighted by Crippen LogP contribution is 2.25. The second kappa shape index (κ2) is 5.96. The van der Waals surface area contributed by atoms with Crippen molar-refractivity contribution in [3.05, 3.63) is 28.8 Å². The van der Waals surface area contributed by atoms with Crippen molar-refractivity contribution in [3.8, 4) is 5.75 Å². The third kappa shape index (κ3) is 4.45. The Balaban J connectivity index is 2.83. The zero-order valence-corrected chi connectivity index (χ0v) is 11.7. The number of nitrogens with two attached hydrogens (primary N) is 1. The van der Waals surface area contributed by atoms with Gasteiger partial charge in [-0.15, -0.1) is 0 Å². The molecule has 1 rings (SSSR count). The van der Waals surface area contributed by atoms with Crippen molar-refractivity contribution in [2.24, 2.45) is 16.3 Å². The molecule has 18 heavy (non-hydrogen) atoms. The number of oxime groups is 1. The van der Waals surface area contributed by atoms with Crippen molar-refractivity contribution < 1.29 is 9.94 Å². The lowest BCUT2D eigenvalue weighted by Gasteiger charge is -2.19. The Morgan fingerprint density at radius 3 is 2.67 bits per heavy atom. The first-order valence-electron chi connectivity index (χ1n) is 5.74. The van der Waals surface area contributed by atoms with Crippen molar-refractivity contribution in [2.75, 3.05) is 6.61 Å². The summed E-state index contributed by atoms with van der Waals surface area (Å²) in [6, 6.07) is 5.01. The Hall–Kier alpha value is -1.42. The number of ether oxygens (including phenoxy) is 1. The van der Waals surface area contributed by atoms with Gasteiger partial charge in [-0.2, -0.15) is 0 Å². The summed E-state index contributed by atoms with van der Waals surface area (Å²) in [5.74, 6) is 0.541. The van der Waals surface area contributed by atoms with Crippen LogP contribution in [-0.2, 0) is 0 Å². The monoisotopic (exact) mass is 270 g/mol. The van der Waals surface area contributed by atoms with Gasteiger partial charge in [0.25, 0.3) is 0 Å². The van der Waals surface area contributed by atoms with E-state index in [0.29, 0.717) is 22.9 Å². The number of benzene rings is 1. The van der Waals surface area contributed by atoms with Crippen LogP contribution in [0.1, 0.15) is 32.8 Å². The lowest BCUT2D eigenvalue weighted by molar-refractivity contribution is 0.242. The summed E-state index contributed by atoms with van der Waals surface area (Å²) in [5.41, 5.74) is 6.31. The van der Waals surface area contributed by atoms with Gasteiger partial charge < -0.3 is 15.7 Å². The van der Waals surface area contributed by atoms with E-state index in [9.17, 15) is 0 Å². The molecule has 0 amide bonds. The normalized spacial score (nSPS) is 12.6. The maximum absolute atomic E-state index is 8.71. The van der Waals surface area contributed by atoms with Crippen LogP contribution in [0.5, 0.6) is 5.75 Å². The highest BCUT2D eigenvalue weighted by atomic mass is 35.5. The second-order valence-electron chi connectivity index (χ2n) is 5.28. The van der Waals surface area contributed by atoms with Crippen molar-refractivity contribution in [1.82, 2.24) is 0 Å². The summed E-state index contributed by atoms with van der Waals surface area (Å²) < 4.78 is 5.66. The summed E-state index contributed by atoms with van der Waals surface area (Å²) in [6.45, 7) is 6.96. The maximum Gasteiger partial charge on any atom is 0.173 e. The van der Waals surface area contributed by atoms with E-state index < -0.39 is 0 Å². The second-order valence-corrected chi connectivity index (χ2v) is 5.72. The van der Waals surface area contributed by atoms with Gasteiger partial charge in [0.15, 0.2) is 5.84 Å². The molecule has 1 aromatic carbocycles. The quantitative estimate of drug-likeness (QED) is 0.382. The summed E-state index contributed by atoms with van der Waals surface area (Å²) >= 11 is 5.91. The predicted octanol–water partition coefficient (Wildman–Crippen LogP) is 3.25. The van der Waals surface area contributed by atoms with Crippen LogP contribution >= 0.6 is 11.6 Å². The lowest BCUT2D eigenvalue weighted by atomic mass is 9.93. The molecule has 3 N–H and O–H groups in total. The third-order valence-electron chi connectivity index (χ3n) is 2.44. The largest absolute Gasteiger partial charge is 0.493 e. The van der Waals surface area contributed by atoms with Crippen LogP contribution in [0.25, 0.3) is 0 Å². The molecule has 0 saturated heterocycles. The molecule has 0 aliphatic carbocycles.